The van der Waals surface area contributed by atoms with Gasteiger partial charge in [0.05, 0.1) is 25.5 Å². The highest BCUT2D eigenvalue weighted by molar-refractivity contribution is 6.28. The van der Waals surface area contributed by atoms with Crippen LogP contribution in [-0.2, 0) is 26.3 Å². The molecular weight excluding hydrogens is 547 g/mol. The molecule has 6 aromatic rings. The van der Waals surface area contributed by atoms with E-state index in [1.807, 2.05) is 0 Å². The molecule has 0 radical (unpaired) electrons. The van der Waals surface area contributed by atoms with E-state index in [-0.39, 0.29) is 53.2 Å². The van der Waals surface area contributed by atoms with E-state index in [4.69, 9.17) is 42.2 Å². The highest BCUT2D eigenvalue weighted by Gasteiger charge is 2.12. The molecule has 0 bridgehead atoms. The summed E-state index contributed by atoms with van der Waals surface area (Å²) in [4.78, 5) is 44.1. The molecule has 0 aliphatic heterocycles. The van der Waals surface area contributed by atoms with Gasteiger partial charge in [-0.15, -0.1) is 0 Å². The van der Waals surface area contributed by atoms with Gasteiger partial charge in [-0.3, -0.25) is 28.9 Å². The van der Waals surface area contributed by atoms with Crippen LogP contribution in [0.1, 0.15) is 23.2 Å². The molecule has 0 aromatic carbocycles. The molecule has 0 saturated carbocycles. The molecule has 0 saturated heterocycles. The molecule has 0 amide bonds. The summed E-state index contributed by atoms with van der Waals surface area (Å²) in [5.74, 6) is 0.437. The predicted octanol–water partition coefficient (Wildman–Crippen LogP) is 0.603. The van der Waals surface area contributed by atoms with Crippen LogP contribution in [0.2, 0.25) is 10.6 Å². The minimum atomic E-state index is -0.398. The highest BCUT2D eigenvalue weighted by atomic mass is 35.5. The summed E-state index contributed by atoms with van der Waals surface area (Å²) in [6, 6.07) is 0. The second kappa shape index (κ2) is 10.5. The van der Waals surface area contributed by atoms with E-state index in [0.717, 1.165) is 0 Å². The zero-order valence-electron chi connectivity index (χ0n) is 19.0. The van der Waals surface area contributed by atoms with Crippen LogP contribution in [0.15, 0.2) is 43.3 Å². The van der Waals surface area contributed by atoms with Crippen LogP contribution in [0, 0.1) is 0 Å². The first-order valence-electron chi connectivity index (χ1n) is 10.7. The van der Waals surface area contributed by atoms with Crippen molar-refractivity contribution in [2.75, 3.05) is 0 Å². The van der Waals surface area contributed by atoms with Crippen LogP contribution in [0.5, 0.6) is 0 Å². The van der Waals surface area contributed by atoms with Crippen LogP contribution >= 0.6 is 23.2 Å². The summed E-state index contributed by atoms with van der Waals surface area (Å²) in [6.07, 6.45) is 5.85. The molecule has 6 aromatic heterocycles. The van der Waals surface area contributed by atoms with Gasteiger partial charge in [0.15, 0.2) is 11.0 Å². The van der Waals surface area contributed by atoms with Crippen molar-refractivity contribution in [2.45, 2.75) is 26.3 Å². The number of H-pyrrole nitrogens is 2. The van der Waals surface area contributed by atoms with Crippen LogP contribution in [0.25, 0.3) is 22.1 Å². The van der Waals surface area contributed by atoms with E-state index >= 15 is 0 Å². The zero-order valence-corrected chi connectivity index (χ0v) is 20.5. The third kappa shape index (κ3) is 5.32. The number of halogens is 2. The molecule has 0 fully saturated rings. The first-order valence-corrected chi connectivity index (χ1v) is 11.4. The maximum absolute atomic E-state index is 11.8. The molecule has 0 spiro atoms. The van der Waals surface area contributed by atoms with Gasteiger partial charge in [0.25, 0.3) is 11.1 Å². The van der Waals surface area contributed by atoms with Crippen LogP contribution in [-0.4, -0.2) is 59.7 Å². The second-order valence-electron chi connectivity index (χ2n) is 7.59. The molecule has 0 aliphatic carbocycles. The van der Waals surface area contributed by atoms with Crippen molar-refractivity contribution in [1.82, 2.24) is 49.5 Å². The number of aliphatic hydroxyl groups is 2. The molecule has 18 heteroatoms. The maximum Gasteiger partial charge on any atom is 0.280 e. The van der Waals surface area contributed by atoms with Crippen molar-refractivity contribution in [3.05, 3.63) is 79.4 Å². The number of rotatable bonds is 6. The fourth-order valence-corrected chi connectivity index (χ4v) is 3.78. The van der Waals surface area contributed by atoms with Crippen LogP contribution in [0.3, 0.4) is 0 Å². The summed E-state index contributed by atoms with van der Waals surface area (Å²) >= 11 is 11.3. The Hall–Kier alpha value is -4.38. The summed E-state index contributed by atoms with van der Waals surface area (Å²) in [5, 5.41) is 25.9. The minimum Gasteiger partial charge on any atom is -0.446 e. The fourth-order valence-electron chi connectivity index (χ4n) is 3.43. The van der Waals surface area contributed by atoms with Crippen LogP contribution < -0.4 is 11.1 Å². The molecule has 4 N–H and O–H groups in total. The number of aliphatic hydroxyl groups excluding tert-OH is 2. The van der Waals surface area contributed by atoms with Crippen molar-refractivity contribution >= 4 is 45.3 Å². The second-order valence-corrected chi connectivity index (χ2v) is 8.31. The predicted molar refractivity (Wildman–Crippen MR) is 129 cm³/mol. The Balaban J connectivity index is 0.000000155. The van der Waals surface area contributed by atoms with Gasteiger partial charge in [0.1, 0.15) is 48.2 Å². The minimum absolute atomic E-state index is 0.0149. The topological polar surface area (TPSA) is 220 Å². The van der Waals surface area contributed by atoms with Crippen molar-refractivity contribution in [3.63, 3.8) is 0 Å². The molecule has 0 aliphatic rings. The number of nitrogens with one attached hydrogen (secondary N) is 2. The Morgan fingerprint density at radius 2 is 1.45 bits per heavy atom. The van der Waals surface area contributed by atoms with Crippen molar-refractivity contribution in [1.29, 1.82) is 0 Å². The van der Waals surface area contributed by atoms with Gasteiger partial charge in [0, 0.05) is 0 Å². The van der Waals surface area contributed by atoms with E-state index in [1.54, 1.807) is 6.20 Å². The summed E-state index contributed by atoms with van der Waals surface area (Å²) < 4.78 is 12.9. The quantitative estimate of drug-likeness (QED) is 0.205. The Bertz CT molecular complexity index is 1840. The SMILES string of the molecule is O=c1[nH]c(Cl)nc2cn(Cc3coc(CO)n3)nc12.O=c1[nH]c(Cl)nc2cnn(Cc3coc(CO)n3)c12. The Morgan fingerprint density at radius 3 is 2.08 bits per heavy atom. The number of nitrogens with zero attached hydrogens (tertiary/aromatic N) is 8. The van der Waals surface area contributed by atoms with E-state index in [9.17, 15) is 9.59 Å². The first-order chi connectivity index (χ1) is 18.3. The van der Waals surface area contributed by atoms with Gasteiger partial charge in [-0.25, -0.2) is 19.9 Å². The number of fused-ring (bicyclic) bond motifs is 2. The lowest BCUT2D eigenvalue weighted by Gasteiger charge is -1.99. The lowest BCUT2D eigenvalue weighted by atomic mass is 10.4. The van der Waals surface area contributed by atoms with Crippen molar-refractivity contribution in [2.24, 2.45) is 0 Å². The van der Waals surface area contributed by atoms with Crippen molar-refractivity contribution in [3.8, 4) is 0 Å². The molecule has 0 unspecified atom stereocenters. The molecule has 38 heavy (non-hydrogen) atoms. The fraction of sp³-hybridized carbons (Fsp3) is 0.200. The molecule has 6 rings (SSSR count). The van der Waals surface area contributed by atoms with Gasteiger partial charge in [-0.05, 0) is 23.2 Å². The summed E-state index contributed by atoms with van der Waals surface area (Å²) in [6.45, 7) is -0.00811. The molecular formula is C20H16Cl2N10O6. The number of hydrogen-bond donors (Lipinski definition) is 4. The van der Waals surface area contributed by atoms with E-state index in [0.29, 0.717) is 34.5 Å². The third-order valence-corrected chi connectivity index (χ3v) is 5.33. The van der Waals surface area contributed by atoms with Gasteiger partial charge in [0.2, 0.25) is 22.3 Å². The lowest BCUT2D eigenvalue weighted by Crippen LogP contribution is -2.13. The largest absolute Gasteiger partial charge is 0.446 e. The van der Waals surface area contributed by atoms with E-state index in [1.165, 1.54) is 28.1 Å². The standard InChI is InChI=1S/2C10H8ClN5O3/c11-10-14-6-1-12-16(8(6)9(18)15-10)2-5-4-19-7(3-17)13-5;11-10-13-6-2-16(15-8(6)9(18)14-10)1-5-4-19-7(3-17)12-5/h1,4,17H,2-3H2,(H,14,15,18);2,4,17H,1,3H2,(H,13,14,18). The van der Waals surface area contributed by atoms with Crippen LogP contribution in [0.4, 0.5) is 0 Å². The van der Waals surface area contributed by atoms with Gasteiger partial charge >= 0.3 is 0 Å². The smallest absolute Gasteiger partial charge is 0.280 e. The number of aromatic amines is 2. The monoisotopic (exact) mass is 562 g/mol. The van der Waals surface area contributed by atoms with E-state index in [2.05, 4.69) is 40.1 Å². The zero-order chi connectivity index (χ0) is 26.8. The number of oxazole rings is 2. The molecule has 6 heterocycles. The maximum atomic E-state index is 11.8. The highest BCUT2D eigenvalue weighted by Crippen LogP contribution is 2.12. The average molecular weight is 563 g/mol. The molecule has 196 valence electrons. The Kier molecular flexibility index (Phi) is 7.01. The average Bonchev–Trinajstić information content (AvgIpc) is 3.67. The summed E-state index contributed by atoms with van der Waals surface area (Å²) in [7, 11) is 0. The normalized spacial score (nSPS) is 11.3. The lowest BCUT2D eigenvalue weighted by molar-refractivity contribution is 0.240. The first kappa shape index (κ1) is 25.3. The molecule has 16 nitrogen and oxygen atoms in total. The molecule has 0 atom stereocenters. The van der Waals surface area contributed by atoms with E-state index < -0.39 is 5.56 Å². The van der Waals surface area contributed by atoms with Crippen molar-refractivity contribution < 1.29 is 19.0 Å². The number of hydrogen-bond acceptors (Lipinski definition) is 12. The van der Waals surface area contributed by atoms with Gasteiger partial charge < -0.3 is 19.0 Å². The summed E-state index contributed by atoms with van der Waals surface area (Å²) in [5.41, 5.74) is 1.67. The van der Waals surface area contributed by atoms with Gasteiger partial charge in [-0.1, -0.05) is 0 Å². The van der Waals surface area contributed by atoms with Gasteiger partial charge in [-0.2, -0.15) is 10.2 Å². The Morgan fingerprint density at radius 1 is 0.842 bits per heavy atom. The Labute approximate surface area is 219 Å². The number of aromatic nitrogens is 10. The third-order valence-electron chi connectivity index (χ3n) is 4.97.